The fourth-order valence-corrected chi connectivity index (χ4v) is 2.06. The molecule has 2 aliphatic rings. The van der Waals surface area contributed by atoms with Crippen molar-refractivity contribution in [3.8, 4) is 0 Å². The van der Waals surface area contributed by atoms with E-state index in [1.807, 2.05) is 4.68 Å². The fourth-order valence-electron chi connectivity index (χ4n) is 2.06. The predicted molar refractivity (Wildman–Crippen MR) is 52.9 cm³/mol. The zero-order valence-corrected chi connectivity index (χ0v) is 8.32. The van der Waals surface area contributed by atoms with E-state index in [0.29, 0.717) is 6.04 Å². The maximum absolute atomic E-state index is 4.22. The van der Waals surface area contributed by atoms with Crippen molar-refractivity contribution >= 4 is 0 Å². The highest BCUT2D eigenvalue weighted by Gasteiger charge is 2.24. The molecule has 14 heavy (non-hydrogen) atoms. The van der Waals surface area contributed by atoms with Gasteiger partial charge in [0, 0.05) is 12.5 Å². The van der Waals surface area contributed by atoms with E-state index in [1.165, 1.54) is 25.8 Å². The number of nitrogens with zero attached hydrogens (tertiary/aromatic N) is 3. The summed E-state index contributed by atoms with van der Waals surface area (Å²) < 4.78 is 2.04. The van der Waals surface area contributed by atoms with E-state index in [-0.39, 0.29) is 0 Å². The van der Waals surface area contributed by atoms with Crippen LogP contribution in [0.1, 0.15) is 25.1 Å². The molecule has 0 saturated heterocycles. The summed E-state index contributed by atoms with van der Waals surface area (Å²) in [6.07, 6.45) is 6.80. The summed E-state index contributed by atoms with van der Waals surface area (Å²) in [6, 6.07) is 0.616. The smallest absolute Gasteiger partial charge is 0.138 e. The lowest BCUT2D eigenvalue weighted by molar-refractivity contribution is 0.355. The van der Waals surface area contributed by atoms with Gasteiger partial charge in [-0.25, -0.2) is 9.67 Å². The third-order valence-electron chi connectivity index (χ3n) is 3.20. The van der Waals surface area contributed by atoms with E-state index < -0.39 is 0 Å². The second-order valence-electron chi connectivity index (χ2n) is 4.45. The van der Waals surface area contributed by atoms with Gasteiger partial charge in [0.25, 0.3) is 0 Å². The summed E-state index contributed by atoms with van der Waals surface area (Å²) in [7, 11) is 0. The Labute approximate surface area is 83.7 Å². The summed E-state index contributed by atoms with van der Waals surface area (Å²) in [4.78, 5) is 4.22. The van der Waals surface area contributed by atoms with Crippen molar-refractivity contribution in [2.24, 2.45) is 5.92 Å². The van der Waals surface area contributed by atoms with Crippen LogP contribution in [-0.2, 0) is 13.0 Å². The molecule has 1 unspecified atom stereocenters. The maximum atomic E-state index is 4.22. The van der Waals surface area contributed by atoms with Crippen LogP contribution < -0.4 is 5.32 Å². The van der Waals surface area contributed by atoms with E-state index in [1.54, 1.807) is 6.33 Å². The van der Waals surface area contributed by atoms with Crippen molar-refractivity contribution in [2.75, 3.05) is 6.54 Å². The first-order chi connectivity index (χ1) is 6.92. The van der Waals surface area contributed by atoms with E-state index >= 15 is 0 Å². The lowest BCUT2D eigenvalue weighted by Gasteiger charge is -2.23. The SMILES string of the molecule is c1nc2n(n1)CC(NCC1CC1)CC2. The van der Waals surface area contributed by atoms with Crippen LogP contribution in [0.2, 0.25) is 0 Å². The lowest BCUT2D eigenvalue weighted by Crippen LogP contribution is -2.38. The molecule has 76 valence electrons. The largest absolute Gasteiger partial charge is 0.312 e. The Kier molecular flexibility index (Phi) is 2.01. The Bertz CT molecular complexity index is 316. The highest BCUT2D eigenvalue weighted by molar-refractivity contribution is 4.92. The average molecular weight is 192 g/mol. The van der Waals surface area contributed by atoms with Crippen LogP contribution >= 0.6 is 0 Å². The minimum absolute atomic E-state index is 0.616. The van der Waals surface area contributed by atoms with Crippen LogP contribution in [0, 0.1) is 5.92 Å². The van der Waals surface area contributed by atoms with Crippen LogP contribution in [0.5, 0.6) is 0 Å². The number of aromatic nitrogens is 3. The van der Waals surface area contributed by atoms with E-state index in [4.69, 9.17) is 0 Å². The topological polar surface area (TPSA) is 42.7 Å². The van der Waals surface area contributed by atoms with Gasteiger partial charge in [0.15, 0.2) is 0 Å². The van der Waals surface area contributed by atoms with Gasteiger partial charge in [-0.05, 0) is 31.7 Å². The number of nitrogens with one attached hydrogen (secondary N) is 1. The van der Waals surface area contributed by atoms with Crippen molar-refractivity contribution in [2.45, 2.75) is 38.3 Å². The molecule has 1 aliphatic carbocycles. The molecule has 0 radical (unpaired) electrons. The number of aryl methyl sites for hydroxylation is 1. The Morgan fingerprint density at radius 1 is 1.43 bits per heavy atom. The van der Waals surface area contributed by atoms with Crippen molar-refractivity contribution in [1.29, 1.82) is 0 Å². The molecule has 1 aliphatic heterocycles. The maximum Gasteiger partial charge on any atom is 0.138 e. The van der Waals surface area contributed by atoms with E-state index in [9.17, 15) is 0 Å². The Morgan fingerprint density at radius 3 is 3.21 bits per heavy atom. The molecule has 4 nitrogen and oxygen atoms in total. The molecule has 0 spiro atoms. The summed E-state index contributed by atoms with van der Waals surface area (Å²) in [5.41, 5.74) is 0. The number of fused-ring (bicyclic) bond motifs is 1. The molecular formula is C10H16N4. The predicted octanol–water partition coefficient (Wildman–Crippen LogP) is 0.592. The third-order valence-corrected chi connectivity index (χ3v) is 3.20. The molecule has 1 atom stereocenters. The van der Waals surface area contributed by atoms with Gasteiger partial charge < -0.3 is 5.32 Å². The molecule has 4 heteroatoms. The first-order valence-corrected chi connectivity index (χ1v) is 5.52. The summed E-state index contributed by atoms with van der Waals surface area (Å²) >= 11 is 0. The van der Waals surface area contributed by atoms with Gasteiger partial charge in [-0.1, -0.05) is 0 Å². The standard InChI is InChI=1S/C10H16N4/c1-2-8(1)5-11-9-3-4-10-12-7-13-14(10)6-9/h7-9,11H,1-6H2. The summed E-state index contributed by atoms with van der Waals surface area (Å²) in [5.74, 6) is 2.11. The highest BCUT2D eigenvalue weighted by Crippen LogP contribution is 2.28. The van der Waals surface area contributed by atoms with Crippen LogP contribution in [0.15, 0.2) is 6.33 Å². The van der Waals surface area contributed by atoms with E-state index in [2.05, 4.69) is 15.4 Å². The van der Waals surface area contributed by atoms with Gasteiger partial charge in [0.2, 0.25) is 0 Å². The zero-order valence-electron chi connectivity index (χ0n) is 8.32. The monoisotopic (exact) mass is 192 g/mol. The number of hydrogen-bond donors (Lipinski definition) is 1. The van der Waals surface area contributed by atoms with Crippen LogP contribution in [0.4, 0.5) is 0 Å². The number of hydrogen-bond acceptors (Lipinski definition) is 3. The van der Waals surface area contributed by atoms with Crippen LogP contribution in [-0.4, -0.2) is 27.4 Å². The first kappa shape index (κ1) is 8.41. The molecule has 1 fully saturated rings. The van der Waals surface area contributed by atoms with Gasteiger partial charge >= 0.3 is 0 Å². The number of rotatable bonds is 3. The van der Waals surface area contributed by atoms with E-state index in [0.717, 1.165) is 24.7 Å². The van der Waals surface area contributed by atoms with Crippen molar-refractivity contribution in [3.63, 3.8) is 0 Å². The van der Waals surface area contributed by atoms with Gasteiger partial charge in [-0.15, -0.1) is 0 Å². The molecule has 1 N–H and O–H groups in total. The lowest BCUT2D eigenvalue weighted by atomic mass is 10.1. The molecule has 1 aromatic rings. The third kappa shape index (κ3) is 1.66. The second kappa shape index (κ2) is 3.35. The van der Waals surface area contributed by atoms with Crippen molar-refractivity contribution in [1.82, 2.24) is 20.1 Å². The molecule has 0 amide bonds. The second-order valence-corrected chi connectivity index (χ2v) is 4.45. The van der Waals surface area contributed by atoms with Crippen molar-refractivity contribution in [3.05, 3.63) is 12.2 Å². The van der Waals surface area contributed by atoms with Crippen LogP contribution in [0.25, 0.3) is 0 Å². The quantitative estimate of drug-likeness (QED) is 0.762. The molecule has 0 aromatic carbocycles. The van der Waals surface area contributed by atoms with Crippen molar-refractivity contribution < 1.29 is 0 Å². The Hall–Kier alpha value is -0.900. The zero-order chi connectivity index (χ0) is 9.38. The highest BCUT2D eigenvalue weighted by atomic mass is 15.3. The minimum atomic E-state index is 0.616. The summed E-state index contributed by atoms with van der Waals surface area (Å²) in [5, 5.41) is 7.84. The molecule has 2 heterocycles. The van der Waals surface area contributed by atoms with Gasteiger partial charge in [0.05, 0.1) is 6.54 Å². The molecule has 0 bridgehead atoms. The molecule has 1 saturated carbocycles. The van der Waals surface area contributed by atoms with Crippen LogP contribution in [0.3, 0.4) is 0 Å². The fraction of sp³-hybridized carbons (Fsp3) is 0.800. The minimum Gasteiger partial charge on any atom is -0.312 e. The Balaban J connectivity index is 1.57. The van der Waals surface area contributed by atoms with Gasteiger partial charge in [-0.3, -0.25) is 0 Å². The Morgan fingerprint density at radius 2 is 2.36 bits per heavy atom. The molecule has 1 aromatic heterocycles. The normalized spacial score (nSPS) is 26.1. The van der Waals surface area contributed by atoms with Gasteiger partial charge in [-0.2, -0.15) is 5.10 Å². The average Bonchev–Trinajstić information content (AvgIpc) is 2.92. The first-order valence-electron chi connectivity index (χ1n) is 5.52. The summed E-state index contributed by atoms with van der Waals surface area (Å²) in [6.45, 7) is 2.21. The molecular weight excluding hydrogens is 176 g/mol. The van der Waals surface area contributed by atoms with Gasteiger partial charge in [0.1, 0.15) is 12.2 Å². The molecule has 3 rings (SSSR count).